The van der Waals surface area contributed by atoms with E-state index in [1.165, 1.54) is 6.33 Å². The summed E-state index contributed by atoms with van der Waals surface area (Å²) >= 11 is 0. The van der Waals surface area contributed by atoms with Crippen LogP contribution in [0.25, 0.3) is 11.0 Å². The van der Waals surface area contributed by atoms with E-state index < -0.39 is 0 Å². The average Bonchev–Trinajstić information content (AvgIpc) is 3.06. The zero-order valence-corrected chi connectivity index (χ0v) is 12.6. The predicted molar refractivity (Wildman–Crippen MR) is 86.0 cm³/mol. The summed E-state index contributed by atoms with van der Waals surface area (Å²) in [6, 6.07) is 8.01. The van der Waals surface area contributed by atoms with Gasteiger partial charge in [-0.25, -0.2) is 15.0 Å². The molecule has 2 aromatic heterocycles. The van der Waals surface area contributed by atoms with Gasteiger partial charge in [-0.3, -0.25) is 4.79 Å². The standard InChI is InChI=1S/C17H17N5O/c23-17(13-8-18-11-19-9-13)22-7-3-4-12(10-22)16-20-14-5-1-2-6-15(14)21-16/h1-2,5-6,8-9,11-12H,3-4,7,10H2,(H,20,21)/t12-/m1/s1. The van der Waals surface area contributed by atoms with Gasteiger partial charge in [0.25, 0.3) is 5.91 Å². The zero-order chi connectivity index (χ0) is 15.6. The number of hydrogen-bond donors (Lipinski definition) is 1. The minimum absolute atomic E-state index is 0.00795. The SMILES string of the molecule is O=C(c1cncnc1)N1CCC[C@@H](c2nc3ccccc3[nH]2)C1. The number of H-pyrrole nitrogens is 1. The normalized spacial score (nSPS) is 18.3. The van der Waals surface area contributed by atoms with Gasteiger partial charge in [-0.1, -0.05) is 12.1 Å². The molecule has 1 aliphatic rings. The van der Waals surface area contributed by atoms with Gasteiger partial charge in [0.15, 0.2) is 0 Å². The van der Waals surface area contributed by atoms with Gasteiger partial charge in [-0.15, -0.1) is 0 Å². The number of amides is 1. The van der Waals surface area contributed by atoms with Gasteiger partial charge in [0.05, 0.1) is 16.6 Å². The number of imidazole rings is 1. The second-order valence-corrected chi connectivity index (χ2v) is 5.86. The molecule has 0 radical (unpaired) electrons. The number of hydrogen-bond acceptors (Lipinski definition) is 4. The molecule has 1 saturated heterocycles. The Kier molecular flexibility index (Phi) is 3.49. The molecular weight excluding hydrogens is 290 g/mol. The van der Waals surface area contributed by atoms with Crippen LogP contribution in [0.4, 0.5) is 0 Å². The van der Waals surface area contributed by atoms with Crippen LogP contribution < -0.4 is 0 Å². The van der Waals surface area contributed by atoms with Gasteiger partial charge in [-0.05, 0) is 25.0 Å². The lowest BCUT2D eigenvalue weighted by atomic mass is 9.97. The third-order valence-corrected chi connectivity index (χ3v) is 4.31. The summed E-state index contributed by atoms with van der Waals surface area (Å²) in [4.78, 5) is 30.4. The van der Waals surface area contributed by atoms with E-state index in [0.717, 1.165) is 36.2 Å². The Hall–Kier alpha value is -2.76. The van der Waals surface area contributed by atoms with Crippen molar-refractivity contribution in [3.05, 3.63) is 54.4 Å². The molecule has 0 saturated carbocycles. The molecule has 116 valence electrons. The zero-order valence-electron chi connectivity index (χ0n) is 12.6. The number of likely N-dealkylation sites (tertiary alicyclic amines) is 1. The van der Waals surface area contributed by atoms with Crippen molar-refractivity contribution >= 4 is 16.9 Å². The number of rotatable bonds is 2. The Bertz CT molecular complexity index is 796. The lowest BCUT2D eigenvalue weighted by Gasteiger charge is -2.31. The molecule has 1 N–H and O–H groups in total. The van der Waals surface area contributed by atoms with Gasteiger partial charge < -0.3 is 9.88 Å². The largest absolute Gasteiger partial charge is 0.342 e. The Balaban J connectivity index is 1.56. The van der Waals surface area contributed by atoms with Crippen molar-refractivity contribution < 1.29 is 4.79 Å². The molecule has 0 unspecified atom stereocenters. The van der Waals surface area contributed by atoms with Crippen LogP contribution in [-0.4, -0.2) is 43.8 Å². The Labute approximate surface area is 133 Å². The number of para-hydroxylation sites is 2. The minimum Gasteiger partial charge on any atom is -0.342 e. The number of aromatic amines is 1. The third-order valence-electron chi connectivity index (χ3n) is 4.31. The van der Waals surface area contributed by atoms with E-state index in [1.807, 2.05) is 29.2 Å². The average molecular weight is 307 g/mol. The lowest BCUT2D eigenvalue weighted by Crippen LogP contribution is -2.39. The van der Waals surface area contributed by atoms with Crippen molar-refractivity contribution in [3.63, 3.8) is 0 Å². The van der Waals surface area contributed by atoms with Crippen LogP contribution in [0, 0.1) is 0 Å². The fraction of sp³-hybridized carbons (Fsp3) is 0.294. The Morgan fingerprint density at radius 3 is 2.87 bits per heavy atom. The van der Waals surface area contributed by atoms with E-state index in [-0.39, 0.29) is 11.8 Å². The summed E-state index contributed by atoms with van der Waals surface area (Å²) in [5.41, 5.74) is 2.56. The van der Waals surface area contributed by atoms with E-state index in [1.54, 1.807) is 12.4 Å². The van der Waals surface area contributed by atoms with E-state index in [2.05, 4.69) is 19.9 Å². The summed E-state index contributed by atoms with van der Waals surface area (Å²) in [7, 11) is 0. The summed E-state index contributed by atoms with van der Waals surface area (Å²) in [6.45, 7) is 1.44. The van der Waals surface area contributed by atoms with Crippen LogP contribution in [0.3, 0.4) is 0 Å². The van der Waals surface area contributed by atoms with Crippen molar-refractivity contribution in [1.29, 1.82) is 0 Å². The molecule has 0 bridgehead atoms. The molecule has 1 fully saturated rings. The molecule has 0 spiro atoms. The number of carbonyl (C=O) groups is 1. The first-order valence-corrected chi connectivity index (χ1v) is 7.80. The maximum atomic E-state index is 12.6. The Morgan fingerprint density at radius 1 is 1.22 bits per heavy atom. The molecule has 6 heteroatoms. The minimum atomic E-state index is -0.00795. The number of piperidine rings is 1. The summed E-state index contributed by atoms with van der Waals surface area (Å²) < 4.78 is 0. The highest BCUT2D eigenvalue weighted by Gasteiger charge is 2.27. The molecule has 1 aromatic carbocycles. The van der Waals surface area contributed by atoms with Crippen molar-refractivity contribution in [2.45, 2.75) is 18.8 Å². The predicted octanol–water partition coefficient (Wildman–Crippen LogP) is 2.37. The number of benzene rings is 1. The topological polar surface area (TPSA) is 74.8 Å². The third kappa shape index (κ3) is 2.67. The van der Waals surface area contributed by atoms with E-state index in [4.69, 9.17) is 0 Å². The highest BCUT2D eigenvalue weighted by molar-refractivity contribution is 5.93. The molecule has 1 amide bonds. The maximum absolute atomic E-state index is 12.6. The first-order chi connectivity index (χ1) is 11.3. The summed E-state index contributed by atoms with van der Waals surface area (Å²) in [5, 5.41) is 0. The highest BCUT2D eigenvalue weighted by atomic mass is 16.2. The van der Waals surface area contributed by atoms with Gasteiger partial charge in [-0.2, -0.15) is 0 Å². The first-order valence-electron chi connectivity index (χ1n) is 7.80. The van der Waals surface area contributed by atoms with Crippen LogP contribution >= 0.6 is 0 Å². The molecule has 1 aliphatic heterocycles. The quantitative estimate of drug-likeness (QED) is 0.788. The monoisotopic (exact) mass is 307 g/mol. The molecular formula is C17H17N5O. The van der Waals surface area contributed by atoms with Gasteiger partial charge in [0.1, 0.15) is 12.2 Å². The second-order valence-electron chi connectivity index (χ2n) is 5.86. The molecule has 3 heterocycles. The van der Waals surface area contributed by atoms with Crippen molar-refractivity contribution in [1.82, 2.24) is 24.8 Å². The molecule has 4 rings (SSSR count). The van der Waals surface area contributed by atoms with Crippen LogP contribution in [-0.2, 0) is 0 Å². The van der Waals surface area contributed by atoms with Crippen molar-refractivity contribution in [2.24, 2.45) is 0 Å². The Morgan fingerprint density at radius 2 is 2.04 bits per heavy atom. The van der Waals surface area contributed by atoms with Crippen LogP contribution in [0.1, 0.15) is 34.9 Å². The van der Waals surface area contributed by atoms with Crippen LogP contribution in [0.15, 0.2) is 43.0 Å². The maximum Gasteiger partial charge on any atom is 0.257 e. The van der Waals surface area contributed by atoms with E-state index in [9.17, 15) is 4.79 Å². The first kappa shape index (κ1) is 13.9. The second kappa shape index (κ2) is 5.79. The highest BCUT2D eigenvalue weighted by Crippen LogP contribution is 2.27. The number of carbonyl (C=O) groups excluding carboxylic acids is 1. The van der Waals surface area contributed by atoms with Gasteiger partial charge in [0.2, 0.25) is 0 Å². The number of aromatic nitrogens is 4. The van der Waals surface area contributed by atoms with E-state index >= 15 is 0 Å². The van der Waals surface area contributed by atoms with Crippen molar-refractivity contribution in [3.8, 4) is 0 Å². The van der Waals surface area contributed by atoms with E-state index in [0.29, 0.717) is 12.1 Å². The number of nitrogens with one attached hydrogen (secondary N) is 1. The van der Waals surface area contributed by atoms with Gasteiger partial charge >= 0.3 is 0 Å². The fourth-order valence-corrected chi connectivity index (χ4v) is 3.14. The molecule has 6 nitrogen and oxygen atoms in total. The van der Waals surface area contributed by atoms with Crippen LogP contribution in [0.5, 0.6) is 0 Å². The lowest BCUT2D eigenvalue weighted by molar-refractivity contribution is 0.0704. The molecule has 3 aromatic rings. The molecule has 0 aliphatic carbocycles. The summed E-state index contributed by atoms with van der Waals surface area (Å²) in [6.07, 6.45) is 6.58. The molecule has 23 heavy (non-hydrogen) atoms. The summed E-state index contributed by atoms with van der Waals surface area (Å²) in [5.74, 6) is 1.20. The fourth-order valence-electron chi connectivity index (χ4n) is 3.14. The molecule has 1 atom stereocenters. The number of nitrogens with zero attached hydrogens (tertiary/aromatic N) is 4. The van der Waals surface area contributed by atoms with Gasteiger partial charge in [0, 0.05) is 31.4 Å². The smallest absolute Gasteiger partial charge is 0.257 e. The van der Waals surface area contributed by atoms with Crippen LogP contribution in [0.2, 0.25) is 0 Å². The van der Waals surface area contributed by atoms with Crippen molar-refractivity contribution in [2.75, 3.05) is 13.1 Å². The number of fused-ring (bicyclic) bond motifs is 1.